The molecule has 0 saturated carbocycles. The van der Waals surface area contributed by atoms with Crippen LogP contribution in [0.3, 0.4) is 0 Å². The van der Waals surface area contributed by atoms with E-state index in [-0.39, 0.29) is 18.1 Å². The summed E-state index contributed by atoms with van der Waals surface area (Å²) in [6, 6.07) is 21.7. The van der Waals surface area contributed by atoms with Gasteiger partial charge < -0.3 is 23.7 Å². The number of esters is 1. The zero-order valence-electron chi connectivity index (χ0n) is 22.2. The van der Waals surface area contributed by atoms with Crippen LogP contribution in [0.1, 0.15) is 23.5 Å². The van der Waals surface area contributed by atoms with Crippen LogP contribution in [0.15, 0.2) is 96.8 Å². The van der Waals surface area contributed by atoms with Crippen molar-refractivity contribution in [1.29, 1.82) is 0 Å². The first-order chi connectivity index (χ1) is 18.5. The van der Waals surface area contributed by atoms with Gasteiger partial charge in [-0.15, -0.1) is 0 Å². The molecular formula is C32H32O6. The lowest BCUT2D eigenvalue weighted by Gasteiger charge is -2.26. The average molecular weight is 513 g/mol. The first kappa shape index (κ1) is 26.8. The molecule has 1 unspecified atom stereocenters. The summed E-state index contributed by atoms with van der Waals surface area (Å²) in [5.41, 5.74) is 5.17. The third-order valence-corrected chi connectivity index (χ3v) is 6.49. The quantitative estimate of drug-likeness (QED) is 0.226. The van der Waals surface area contributed by atoms with Gasteiger partial charge >= 0.3 is 5.97 Å². The van der Waals surface area contributed by atoms with E-state index in [1.807, 2.05) is 72.8 Å². The minimum Gasteiger partial charge on any atom is -0.497 e. The van der Waals surface area contributed by atoms with Crippen LogP contribution >= 0.6 is 0 Å². The maximum absolute atomic E-state index is 12.8. The van der Waals surface area contributed by atoms with Gasteiger partial charge in [-0.1, -0.05) is 49.1 Å². The summed E-state index contributed by atoms with van der Waals surface area (Å²) in [6.07, 6.45) is 4.67. The van der Waals surface area contributed by atoms with Crippen LogP contribution < -0.4 is 14.2 Å². The van der Waals surface area contributed by atoms with E-state index in [0.29, 0.717) is 17.9 Å². The fourth-order valence-corrected chi connectivity index (χ4v) is 4.41. The molecule has 38 heavy (non-hydrogen) atoms. The molecule has 0 amide bonds. The van der Waals surface area contributed by atoms with Gasteiger partial charge in [0, 0.05) is 18.6 Å². The fourth-order valence-electron chi connectivity index (χ4n) is 4.41. The van der Waals surface area contributed by atoms with E-state index in [1.165, 1.54) is 7.11 Å². The first-order valence-corrected chi connectivity index (χ1v) is 12.2. The lowest BCUT2D eigenvalue weighted by atomic mass is 9.85. The number of benzene rings is 3. The van der Waals surface area contributed by atoms with Crippen LogP contribution in [0, 0.1) is 0 Å². The molecule has 6 nitrogen and oxygen atoms in total. The van der Waals surface area contributed by atoms with E-state index in [2.05, 4.69) is 12.7 Å². The molecule has 0 aromatic heterocycles. The van der Waals surface area contributed by atoms with Gasteiger partial charge in [0.25, 0.3) is 0 Å². The predicted octanol–water partition coefficient (Wildman–Crippen LogP) is 6.58. The zero-order valence-corrected chi connectivity index (χ0v) is 22.2. The average Bonchev–Trinajstić information content (AvgIpc) is 2.97. The van der Waals surface area contributed by atoms with Crippen LogP contribution in [0.5, 0.6) is 17.2 Å². The lowest BCUT2D eigenvalue weighted by Crippen LogP contribution is -2.17. The van der Waals surface area contributed by atoms with Crippen LogP contribution in [-0.2, 0) is 14.3 Å². The van der Waals surface area contributed by atoms with Gasteiger partial charge in [0.05, 0.1) is 33.5 Å². The number of carbonyl (C=O) groups excluding carboxylic acids is 1. The van der Waals surface area contributed by atoms with Crippen molar-refractivity contribution in [3.8, 4) is 28.4 Å². The molecule has 3 aromatic rings. The molecule has 1 atom stereocenters. The summed E-state index contributed by atoms with van der Waals surface area (Å²) in [4.78, 5) is 12.8. The highest BCUT2D eigenvalue weighted by Crippen LogP contribution is 2.42. The number of allylic oxidation sites excluding steroid dienone is 4. The van der Waals surface area contributed by atoms with E-state index in [0.717, 1.165) is 39.3 Å². The second-order valence-electron chi connectivity index (χ2n) is 8.83. The normalized spacial score (nSPS) is 14.7. The lowest BCUT2D eigenvalue weighted by molar-refractivity contribution is -0.136. The third-order valence-electron chi connectivity index (χ3n) is 6.49. The minimum absolute atomic E-state index is 0.0951. The Balaban J connectivity index is 1.69. The van der Waals surface area contributed by atoms with Gasteiger partial charge in [-0.2, -0.15) is 0 Å². The first-order valence-electron chi connectivity index (χ1n) is 12.2. The molecule has 0 heterocycles. The van der Waals surface area contributed by atoms with Crippen molar-refractivity contribution in [2.24, 2.45) is 0 Å². The number of rotatable bonds is 10. The third kappa shape index (κ3) is 5.98. The SMILES string of the molecule is C=C(COC)C(=O)OC1=CC(c2ccc(OC)cc2)=CCC1c1ccc(-c2ccc(OC)cc2)cc1OC. The van der Waals surface area contributed by atoms with Gasteiger partial charge in [0.15, 0.2) is 0 Å². The Morgan fingerprint density at radius 1 is 0.816 bits per heavy atom. The summed E-state index contributed by atoms with van der Waals surface area (Å²) in [7, 11) is 6.44. The Labute approximate surface area is 223 Å². The Kier molecular flexibility index (Phi) is 8.66. The summed E-state index contributed by atoms with van der Waals surface area (Å²) >= 11 is 0. The van der Waals surface area contributed by atoms with Crippen molar-refractivity contribution in [2.45, 2.75) is 12.3 Å². The van der Waals surface area contributed by atoms with Crippen LogP contribution in [0.25, 0.3) is 16.7 Å². The highest BCUT2D eigenvalue weighted by atomic mass is 16.5. The van der Waals surface area contributed by atoms with Crippen molar-refractivity contribution in [3.63, 3.8) is 0 Å². The molecule has 0 spiro atoms. The number of ether oxygens (including phenoxy) is 5. The molecule has 0 N–H and O–H groups in total. The molecule has 3 aromatic carbocycles. The molecule has 0 saturated heterocycles. The molecule has 6 heteroatoms. The second kappa shape index (κ2) is 12.3. The van der Waals surface area contributed by atoms with E-state index in [9.17, 15) is 4.79 Å². The van der Waals surface area contributed by atoms with E-state index in [1.54, 1.807) is 21.3 Å². The Morgan fingerprint density at radius 2 is 1.42 bits per heavy atom. The van der Waals surface area contributed by atoms with Crippen LogP contribution in [0.2, 0.25) is 0 Å². The highest BCUT2D eigenvalue weighted by molar-refractivity contribution is 5.89. The standard InChI is InChI=1S/C32H32O6/c1-21(20-34-2)32(33)38-31-19-25(23-8-14-27(36-4)15-9-23)11-17-29(31)28-16-10-24(18-30(28)37-5)22-6-12-26(35-3)13-7-22/h6-16,18-19,29H,1,17,20H2,2-5H3. The van der Waals surface area contributed by atoms with Crippen LogP contribution in [0.4, 0.5) is 0 Å². The van der Waals surface area contributed by atoms with Crippen molar-refractivity contribution in [2.75, 3.05) is 35.0 Å². The van der Waals surface area contributed by atoms with Gasteiger partial charge in [-0.3, -0.25) is 0 Å². The summed E-state index contributed by atoms with van der Waals surface area (Å²) in [5, 5.41) is 0. The van der Waals surface area contributed by atoms with Crippen LogP contribution in [-0.4, -0.2) is 41.0 Å². The second-order valence-corrected chi connectivity index (χ2v) is 8.83. The molecule has 0 aliphatic heterocycles. The largest absolute Gasteiger partial charge is 0.497 e. The topological polar surface area (TPSA) is 63.2 Å². The molecular weight excluding hydrogens is 480 g/mol. The smallest absolute Gasteiger partial charge is 0.340 e. The van der Waals surface area contributed by atoms with Crippen molar-refractivity contribution < 1.29 is 28.5 Å². The maximum Gasteiger partial charge on any atom is 0.340 e. The zero-order chi connectivity index (χ0) is 27.1. The highest BCUT2D eigenvalue weighted by Gasteiger charge is 2.27. The maximum atomic E-state index is 12.8. The molecule has 0 fully saturated rings. The fraction of sp³-hybridized carbons (Fsp3) is 0.219. The van der Waals surface area contributed by atoms with E-state index in [4.69, 9.17) is 23.7 Å². The summed E-state index contributed by atoms with van der Waals surface area (Å²) in [6.45, 7) is 3.90. The predicted molar refractivity (Wildman–Crippen MR) is 149 cm³/mol. The van der Waals surface area contributed by atoms with Gasteiger partial charge in [-0.05, 0) is 65.1 Å². The Bertz CT molecular complexity index is 1350. The minimum atomic E-state index is -0.520. The number of methoxy groups -OCH3 is 4. The molecule has 0 bridgehead atoms. The molecule has 1 aliphatic carbocycles. The molecule has 0 radical (unpaired) electrons. The number of hydrogen-bond acceptors (Lipinski definition) is 6. The van der Waals surface area contributed by atoms with Gasteiger partial charge in [0.2, 0.25) is 0 Å². The Hall–Kier alpha value is -4.29. The monoisotopic (exact) mass is 512 g/mol. The molecule has 196 valence electrons. The van der Waals surface area contributed by atoms with E-state index < -0.39 is 5.97 Å². The van der Waals surface area contributed by atoms with Crippen molar-refractivity contribution in [3.05, 3.63) is 108 Å². The molecule has 1 aliphatic rings. The number of carbonyl (C=O) groups is 1. The molecule has 4 rings (SSSR count). The van der Waals surface area contributed by atoms with Crippen molar-refractivity contribution in [1.82, 2.24) is 0 Å². The number of hydrogen-bond donors (Lipinski definition) is 0. The summed E-state index contributed by atoms with van der Waals surface area (Å²) < 4.78 is 27.4. The van der Waals surface area contributed by atoms with Gasteiger partial charge in [0.1, 0.15) is 23.0 Å². The van der Waals surface area contributed by atoms with E-state index >= 15 is 0 Å². The van der Waals surface area contributed by atoms with Crippen molar-refractivity contribution >= 4 is 11.5 Å². The summed E-state index contributed by atoms with van der Waals surface area (Å²) in [5.74, 6) is 2.06. The Morgan fingerprint density at radius 3 is 2.00 bits per heavy atom. The van der Waals surface area contributed by atoms with Gasteiger partial charge in [-0.25, -0.2) is 4.79 Å².